The van der Waals surface area contributed by atoms with Gasteiger partial charge in [0.1, 0.15) is 5.75 Å². The van der Waals surface area contributed by atoms with Crippen LogP contribution in [0.15, 0.2) is 24.3 Å². The maximum Gasteiger partial charge on any atom is 0.260 e. The second-order valence-corrected chi connectivity index (χ2v) is 7.15. The van der Waals surface area contributed by atoms with Crippen LogP contribution in [0.3, 0.4) is 0 Å². The Kier molecular flexibility index (Phi) is 5.95. The maximum atomic E-state index is 12.6. The van der Waals surface area contributed by atoms with Crippen molar-refractivity contribution in [3.05, 3.63) is 29.8 Å². The predicted molar refractivity (Wildman–Crippen MR) is 96.4 cm³/mol. The van der Waals surface area contributed by atoms with Crippen molar-refractivity contribution in [2.75, 3.05) is 32.8 Å². The number of hydrogen-bond donors (Lipinski definition) is 0. The highest BCUT2D eigenvalue weighted by Gasteiger charge is 2.29. The van der Waals surface area contributed by atoms with Gasteiger partial charge in [0.15, 0.2) is 6.61 Å². The van der Waals surface area contributed by atoms with Gasteiger partial charge >= 0.3 is 0 Å². The molecule has 1 aliphatic heterocycles. The summed E-state index contributed by atoms with van der Waals surface area (Å²) in [6.07, 6.45) is 5.25. The lowest BCUT2D eigenvalue weighted by molar-refractivity contribution is -0.136. The van der Waals surface area contributed by atoms with E-state index < -0.39 is 0 Å². The van der Waals surface area contributed by atoms with E-state index in [0.717, 1.165) is 37.1 Å². The number of nitrogens with zero attached hydrogens (tertiary/aromatic N) is 2. The molecule has 0 radical (unpaired) electrons. The zero-order valence-corrected chi connectivity index (χ0v) is 15.1. The Labute approximate surface area is 149 Å². The second kappa shape index (κ2) is 8.37. The molecule has 0 N–H and O–H groups in total. The average Bonchev–Trinajstić information content (AvgIpc) is 3.03. The molecule has 1 aromatic rings. The van der Waals surface area contributed by atoms with Crippen LogP contribution in [0.4, 0.5) is 0 Å². The van der Waals surface area contributed by atoms with Gasteiger partial charge in [-0.2, -0.15) is 0 Å². The molecular weight excluding hydrogens is 316 g/mol. The van der Waals surface area contributed by atoms with Crippen LogP contribution in [-0.4, -0.2) is 54.4 Å². The third-order valence-electron chi connectivity index (χ3n) is 5.22. The first-order chi connectivity index (χ1) is 12.1. The summed E-state index contributed by atoms with van der Waals surface area (Å²) in [4.78, 5) is 28.8. The third kappa shape index (κ3) is 4.74. The fraction of sp³-hybridized carbons (Fsp3) is 0.600. The van der Waals surface area contributed by atoms with Crippen molar-refractivity contribution < 1.29 is 14.3 Å². The summed E-state index contributed by atoms with van der Waals surface area (Å²) in [5, 5.41) is 0. The monoisotopic (exact) mass is 344 g/mol. The number of ether oxygens (including phenoxy) is 1. The average molecular weight is 344 g/mol. The van der Waals surface area contributed by atoms with E-state index in [0.29, 0.717) is 25.5 Å². The van der Waals surface area contributed by atoms with E-state index in [4.69, 9.17) is 4.74 Å². The van der Waals surface area contributed by atoms with E-state index in [9.17, 15) is 9.59 Å². The Hall–Kier alpha value is -2.04. The highest BCUT2D eigenvalue weighted by Crippen LogP contribution is 2.27. The van der Waals surface area contributed by atoms with Gasteiger partial charge in [-0.05, 0) is 43.9 Å². The summed E-state index contributed by atoms with van der Waals surface area (Å²) in [5.74, 6) is 1.23. The zero-order chi connectivity index (χ0) is 17.6. The Balaban J connectivity index is 1.48. The normalized spacial score (nSPS) is 18.9. The predicted octanol–water partition coefficient (Wildman–Crippen LogP) is 2.62. The molecule has 0 aromatic heterocycles. The number of carbonyl (C=O) groups is 2. The van der Waals surface area contributed by atoms with Gasteiger partial charge in [0.25, 0.3) is 5.91 Å². The van der Waals surface area contributed by atoms with Gasteiger partial charge < -0.3 is 14.5 Å². The minimum atomic E-state index is -0.00308. The number of benzene rings is 1. The molecule has 1 saturated carbocycles. The molecule has 5 nitrogen and oxygen atoms in total. The SMILES string of the molecule is Cc1cccc(OCC(=O)N2CCCN(C(=O)C3CCCC3)CC2)c1. The van der Waals surface area contributed by atoms with Gasteiger partial charge in [-0.1, -0.05) is 25.0 Å². The van der Waals surface area contributed by atoms with E-state index in [1.54, 1.807) is 0 Å². The van der Waals surface area contributed by atoms with Crippen LogP contribution >= 0.6 is 0 Å². The van der Waals surface area contributed by atoms with Crippen molar-refractivity contribution in [1.82, 2.24) is 9.80 Å². The van der Waals surface area contributed by atoms with Gasteiger partial charge in [-0.25, -0.2) is 0 Å². The molecule has 1 heterocycles. The first-order valence-electron chi connectivity index (χ1n) is 9.39. The first kappa shape index (κ1) is 17.8. The summed E-state index contributed by atoms with van der Waals surface area (Å²) in [5.41, 5.74) is 1.11. The lowest BCUT2D eigenvalue weighted by Crippen LogP contribution is -2.40. The minimum Gasteiger partial charge on any atom is -0.484 e. The van der Waals surface area contributed by atoms with Crippen molar-refractivity contribution in [2.24, 2.45) is 5.92 Å². The molecule has 2 aliphatic rings. The third-order valence-corrected chi connectivity index (χ3v) is 5.22. The van der Waals surface area contributed by atoms with Crippen LogP contribution < -0.4 is 4.74 Å². The van der Waals surface area contributed by atoms with Gasteiger partial charge in [0.2, 0.25) is 5.91 Å². The topological polar surface area (TPSA) is 49.9 Å². The summed E-state index contributed by atoms with van der Waals surface area (Å²) >= 11 is 0. The summed E-state index contributed by atoms with van der Waals surface area (Å²) in [6.45, 7) is 4.77. The fourth-order valence-electron chi connectivity index (χ4n) is 3.76. The summed E-state index contributed by atoms with van der Waals surface area (Å²) < 4.78 is 5.63. The van der Waals surface area contributed by atoms with Gasteiger partial charge in [0, 0.05) is 32.1 Å². The molecule has 0 bridgehead atoms. The molecule has 0 atom stereocenters. The second-order valence-electron chi connectivity index (χ2n) is 7.15. The van der Waals surface area contributed by atoms with Crippen LogP contribution in [0.5, 0.6) is 5.75 Å². The lowest BCUT2D eigenvalue weighted by Gasteiger charge is -2.24. The molecule has 2 amide bonds. The largest absolute Gasteiger partial charge is 0.484 e. The van der Waals surface area contributed by atoms with Crippen molar-refractivity contribution >= 4 is 11.8 Å². The van der Waals surface area contributed by atoms with Crippen LogP contribution in [0.1, 0.15) is 37.7 Å². The first-order valence-corrected chi connectivity index (χ1v) is 9.39. The molecule has 0 unspecified atom stereocenters. The van der Waals surface area contributed by atoms with E-state index in [1.807, 2.05) is 41.0 Å². The number of hydrogen-bond acceptors (Lipinski definition) is 3. The van der Waals surface area contributed by atoms with Gasteiger partial charge in [-0.3, -0.25) is 9.59 Å². The zero-order valence-electron chi connectivity index (χ0n) is 15.1. The molecule has 1 aromatic carbocycles. The van der Waals surface area contributed by atoms with Crippen molar-refractivity contribution in [2.45, 2.75) is 39.0 Å². The molecule has 0 spiro atoms. The summed E-state index contributed by atoms with van der Waals surface area (Å²) in [7, 11) is 0. The smallest absolute Gasteiger partial charge is 0.260 e. The fourth-order valence-corrected chi connectivity index (χ4v) is 3.76. The molecule has 1 aliphatic carbocycles. The Morgan fingerprint density at radius 1 is 1.04 bits per heavy atom. The Bertz CT molecular complexity index is 611. The number of carbonyl (C=O) groups excluding carboxylic acids is 2. The number of aryl methyl sites for hydroxylation is 1. The molecule has 1 saturated heterocycles. The van der Waals surface area contributed by atoms with Crippen molar-refractivity contribution in [3.63, 3.8) is 0 Å². The minimum absolute atomic E-state index is 0.00308. The number of amides is 2. The van der Waals surface area contributed by atoms with Crippen molar-refractivity contribution in [3.8, 4) is 5.75 Å². The van der Waals surface area contributed by atoms with Crippen LogP contribution in [-0.2, 0) is 9.59 Å². The quantitative estimate of drug-likeness (QED) is 0.844. The number of rotatable bonds is 4. The van der Waals surface area contributed by atoms with E-state index >= 15 is 0 Å². The van der Waals surface area contributed by atoms with E-state index in [2.05, 4.69) is 0 Å². The van der Waals surface area contributed by atoms with Gasteiger partial charge in [-0.15, -0.1) is 0 Å². The molecule has 5 heteroatoms. The Morgan fingerprint density at radius 3 is 2.52 bits per heavy atom. The van der Waals surface area contributed by atoms with E-state index in [1.165, 1.54) is 12.8 Å². The maximum absolute atomic E-state index is 12.6. The highest BCUT2D eigenvalue weighted by atomic mass is 16.5. The highest BCUT2D eigenvalue weighted by molar-refractivity contribution is 5.80. The van der Waals surface area contributed by atoms with Gasteiger partial charge in [0.05, 0.1) is 0 Å². The molecule has 25 heavy (non-hydrogen) atoms. The summed E-state index contributed by atoms with van der Waals surface area (Å²) in [6, 6.07) is 7.72. The van der Waals surface area contributed by atoms with Crippen LogP contribution in [0, 0.1) is 12.8 Å². The standard InChI is InChI=1S/C20H28N2O3/c1-16-6-4-9-18(14-16)25-15-19(23)21-10-5-11-22(13-12-21)20(24)17-7-2-3-8-17/h4,6,9,14,17H,2-3,5,7-8,10-13,15H2,1H3. The molecule has 3 rings (SSSR count). The van der Waals surface area contributed by atoms with E-state index in [-0.39, 0.29) is 18.4 Å². The lowest BCUT2D eigenvalue weighted by atomic mass is 10.1. The molecule has 136 valence electrons. The Morgan fingerprint density at radius 2 is 1.76 bits per heavy atom. The van der Waals surface area contributed by atoms with Crippen molar-refractivity contribution in [1.29, 1.82) is 0 Å². The van der Waals surface area contributed by atoms with Crippen LogP contribution in [0.2, 0.25) is 0 Å². The molecular formula is C20H28N2O3. The van der Waals surface area contributed by atoms with Crippen LogP contribution in [0.25, 0.3) is 0 Å². The molecule has 2 fully saturated rings.